The van der Waals surface area contributed by atoms with Crippen molar-refractivity contribution in [1.82, 2.24) is 19.6 Å². The van der Waals surface area contributed by atoms with E-state index in [0.717, 1.165) is 30.8 Å². The van der Waals surface area contributed by atoms with Crippen molar-refractivity contribution < 1.29 is 32.3 Å². The smallest absolute Gasteiger partial charge is 0.416 e. The first-order valence-corrected chi connectivity index (χ1v) is 13.7. The molecule has 0 spiro atoms. The van der Waals surface area contributed by atoms with Gasteiger partial charge >= 0.3 is 12.3 Å². The quantitative estimate of drug-likeness (QED) is 0.467. The summed E-state index contributed by atoms with van der Waals surface area (Å²) < 4.78 is 45.4. The van der Waals surface area contributed by atoms with E-state index in [9.17, 15) is 27.6 Å². The number of nitrogens with zero attached hydrogens (tertiary/aromatic N) is 4. The zero-order valence-corrected chi connectivity index (χ0v) is 22.8. The van der Waals surface area contributed by atoms with E-state index in [2.05, 4.69) is 17.1 Å². The maximum atomic E-state index is 13.7. The molecule has 3 aliphatic rings. The van der Waals surface area contributed by atoms with Crippen molar-refractivity contribution in [3.8, 4) is 0 Å². The van der Waals surface area contributed by atoms with Gasteiger partial charge in [-0.2, -0.15) is 13.2 Å². The lowest BCUT2D eigenvalue weighted by molar-refractivity contribution is -0.169. The number of alkyl halides is 3. The number of fused-ring (bicyclic) bond motifs is 1. The summed E-state index contributed by atoms with van der Waals surface area (Å²) >= 11 is 0. The molecule has 0 radical (unpaired) electrons. The van der Waals surface area contributed by atoms with E-state index in [-0.39, 0.29) is 43.5 Å². The van der Waals surface area contributed by atoms with Crippen LogP contribution >= 0.6 is 0 Å². The van der Waals surface area contributed by atoms with E-state index < -0.39 is 30.0 Å². The van der Waals surface area contributed by atoms with Crippen molar-refractivity contribution >= 4 is 17.9 Å². The molecule has 0 saturated carbocycles. The maximum absolute atomic E-state index is 13.7. The van der Waals surface area contributed by atoms with Crippen molar-refractivity contribution in [3.05, 3.63) is 82.9 Å². The first kappa shape index (κ1) is 28.7. The van der Waals surface area contributed by atoms with E-state index in [4.69, 9.17) is 4.74 Å². The van der Waals surface area contributed by atoms with Crippen LogP contribution in [0.2, 0.25) is 0 Å². The van der Waals surface area contributed by atoms with E-state index in [0.29, 0.717) is 25.1 Å². The van der Waals surface area contributed by atoms with E-state index >= 15 is 0 Å². The third kappa shape index (κ3) is 6.56. The standard InChI is InChI=1S/C30H33F3N4O4/c1-21-15-23(17-24(16-21)30(31,32)33)20-41-29(40)36-14-10-27(38)37-25(9-13-34-11-5-6-12-34)28(39)35(19-26(36)37)18-22-7-3-2-4-8-22/h2-8,15-17,25-26H,9-14,18-20H2,1H3/t25-,26+/m0/s1. The molecule has 2 aromatic rings. The number of aryl methyl sites for hydroxylation is 1. The number of carbonyl (C=O) groups excluding carboxylic acids is 3. The molecule has 11 heteroatoms. The van der Waals surface area contributed by atoms with Crippen LogP contribution in [0, 0.1) is 6.92 Å². The third-order valence-electron chi connectivity index (χ3n) is 7.74. The van der Waals surface area contributed by atoms with Crippen molar-refractivity contribution in [2.45, 2.75) is 51.3 Å². The Morgan fingerprint density at radius 1 is 1.02 bits per heavy atom. The van der Waals surface area contributed by atoms with Gasteiger partial charge in [-0.05, 0) is 36.6 Å². The Morgan fingerprint density at radius 3 is 2.46 bits per heavy atom. The molecule has 0 unspecified atom stereocenters. The summed E-state index contributed by atoms with van der Waals surface area (Å²) in [6.45, 7) is 3.89. The molecule has 41 heavy (non-hydrogen) atoms. The summed E-state index contributed by atoms with van der Waals surface area (Å²) in [6, 6.07) is 12.3. The van der Waals surface area contributed by atoms with E-state index in [1.165, 1.54) is 9.80 Å². The second-order valence-corrected chi connectivity index (χ2v) is 10.7. The van der Waals surface area contributed by atoms with Crippen LogP contribution in [0.4, 0.5) is 18.0 Å². The molecule has 3 heterocycles. The Balaban J connectivity index is 1.35. The summed E-state index contributed by atoms with van der Waals surface area (Å²) in [5.74, 6) is -0.370. The second-order valence-electron chi connectivity index (χ2n) is 10.7. The van der Waals surface area contributed by atoms with Crippen LogP contribution in [0.5, 0.6) is 0 Å². The molecule has 2 aromatic carbocycles. The lowest BCUT2D eigenvalue weighted by Crippen LogP contribution is -2.71. The van der Waals surface area contributed by atoms with Crippen LogP contribution in [0.1, 0.15) is 35.1 Å². The molecule has 8 nitrogen and oxygen atoms in total. The number of hydrogen-bond acceptors (Lipinski definition) is 5. The van der Waals surface area contributed by atoms with Gasteiger partial charge in [-0.3, -0.25) is 19.4 Å². The number of rotatable bonds is 7. The molecule has 3 amide bonds. The van der Waals surface area contributed by atoms with Crippen molar-refractivity contribution in [2.75, 3.05) is 32.7 Å². The average Bonchev–Trinajstić information content (AvgIpc) is 3.46. The fourth-order valence-corrected chi connectivity index (χ4v) is 5.76. The molecule has 5 rings (SSSR count). The summed E-state index contributed by atoms with van der Waals surface area (Å²) in [5, 5.41) is 0. The number of hydrogen-bond donors (Lipinski definition) is 0. The Bertz CT molecular complexity index is 1310. The minimum absolute atomic E-state index is 0.0298. The highest BCUT2D eigenvalue weighted by Crippen LogP contribution is 2.32. The fourth-order valence-electron chi connectivity index (χ4n) is 5.76. The van der Waals surface area contributed by atoms with Gasteiger partial charge in [0.1, 0.15) is 18.8 Å². The minimum Gasteiger partial charge on any atom is -0.444 e. The number of piperazine rings is 1. The Kier molecular flexibility index (Phi) is 8.35. The zero-order chi connectivity index (χ0) is 29.1. The summed E-state index contributed by atoms with van der Waals surface area (Å²) in [4.78, 5) is 47.1. The molecule has 0 bridgehead atoms. The summed E-state index contributed by atoms with van der Waals surface area (Å²) in [5.41, 5.74) is 0.737. The van der Waals surface area contributed by atoms with Crippen LogP contribution in [0.15, 0.2) is 60.7 Å². The normalized spacial score (nSPS) is 21.4. The molecule has 0 N–H and O–H groups in total. The Labute approximate surface area is 236 Å². The molecular weight excluding hydrogens is 537 g/mol. The Hall–Kier alpha value is -3.86. The first-order valence-electron chi connectivity index (χ1n) is 13.7. The molecule has 0 aliphatic carbocycles. The highest BCUT2D eigenvalue weighted by Gasteiger charge is 2.49. The lowest BCUT2D eigenvalue weighted by Gasteiger charge is -2.52. The Morgan fingerprint density at radius 2 is 1.76 bits per heavy atom. The lowest BCUT2D eigenvalue weighted by atomic mass is 10.0. The topological polar surface area (TPSA) is 73.4 Å². The van der Waals surface area contributed by atoms with Gasteiger partial charge in [-0.25, -0.2) is 4.79 Å². The largest absolute Gasteiger partial charge is 0.444 e. The van der Waals surface area contributed by atoms with Gasteiger partial charge in [0.15, 0.2) is 0 Å². The van der Waals surface area contributed by atoms with Crippen LogP contribution < -0.4 is 0 Å². The van der Waals surface area contributed by atoms with Crippen molar-refractivity contribution in [1.29, 1.82) is 0 Å². The van der Waals surface area contributed by atoms with Gasteiger partial charge in [-0.1, -0.05) is 54.1 Å². The number of halogens is 3. The number of carbonyl (C=O) groups is 3. The summed E-state index contributed by atoms with van der Waals surface area (Å²) in [7, 11) is 0. The maximum Gasteiger partial charge on any atom is 0.416 e. The van der Waals surface area contributed by atoms with Gasteiger partial charge in [0.25, 0.3) is 0 Å². The fraction of sp³-hybridized carbons (Fsp3) is 0.433. The molecule has 2 atom stereocenters. The molecule has 0 aromatic heterocycles. The van der Waals surface area contributed by atoms with Crippen LogP contribution in [-0.2, 0) is 33.7 Å². The number of amides is 3. The monoisotopic (exact) mass is 570 g/mol. The van der Waals surface area contributed by atoms with Crippen molar-refractivity contribution in [2.24, 2.45) is 0 Å². The van der Waals surface area contributed by atoms with Crippen LogP contribution in [-0.4, -0.2) is 82.4 Å². The number of benzene rings is 2. The number of ether oxygens (including phenoxy) is 1. The zero-order valence-electron chi connectivity index (χ0n) is 22.8. The summed E-state index contributed by atoms with van der Waals surface area (Å²) in [6.07, 6.45) is -1.43. The van der Waals surface area contributed by atoms with Gasteiger partial charge in [0.05, 0.1) is 12.1 Å². The van der Waals surface area contributed by atoms with Crippen LogP contribution in [0.25, 0.3) is 0 Å². The predicted octanol–water partition coefficient (Wildman–Crippen LogP) is 4.18. The van der Waals surface area contributed by atoms with Gasteiger partial charge in [0.2, 0.25) is 11.8 Å². The molecule has 3 aliphatic heterocycles. The van der Waals surface area contributed by atoms with Gasteiger partial charge in [0, 0.05) is 39.1 Å². The van der Waals surface area contributed by atoms with E-state index in [1.54, 1.807) is 17.9 Å². The molecule has 2 saturated heterocycles. The minimum atomic E-state index is -4.52. The average molecular weight is 571 g/mol. The van der Waals surface area contributed by atoms with E-state index in [1.807, 2.05) is 30.3 Å². The van der Waals surface area contributed by atoms with Gasteiger partial charge < -0.3 is 14.5 Å². The predicted molar refractivity (Wildman–Crippen MR) is 144 cm³/mol. The first-order chi connectivity index (χ1) is 19.6. The molecular formula is C30H33F3N4O4. The second kappa shape index (κ2) is 11.9. The highest BCUT2D eigenvalue weighted by molar-refractivity contribution is 5.90. The third-order valence-corrected chi connectivity index (χ3v) is 7.74. The van der Waals surface area contributed by atoms with Crippen LogP contribution in [0.3, 0.4) is 0 Å². The highest BCUT2D eigenvalue weighted by atomic mass is 19.4. The SMILES string of the molecule is Cc1cc(COC(=O)N2CCC(=O)N3[C@@H]2CN(Cc2ccccc2)C(=O)[C@@H]3CCN2CC=CC2)cc(C(F)(F)F)c1. The van der Waals surface area contributed by atoms with Gasteiger partial charge in [-0.15, -0.1) is 0 Å². The molecule has 2 fully saturated rings. The van der Waals surface area contributed by atoms with Crippen molar-refractivity contribution in [3.63, 3.8) is 0 Å². The molecule has 218 valence electrons.